The first kappa shape index (κ1) is 21.2. The molecule has 0 saturated carbocycles. The summed E-state index contributed by atoms with van der Waals surface area (Å²) in [7, 11) is 4.70. The van der Waals surface area contributed by atoms with Gasteiger partial charge in [-0.3, -0.25) is 9.59 Å². The SMILES string of the molecule is COc1cccc(/C=C/C(=O)N2CCN(C(=O)c3ccc(OC)c(OC)c3)CC2)c1. The van der Waals surface area contributed by atoms with Crippen LogP contribution >= 0.6 is 0 Å². The van der Waals surface area contributed by atoms with Crippen molar-refractivity contribution < 1.29 is 23.8 Å². The molecule has 0 unspecified atom stereocenters. The van der Waals surface area contributed by atoms with Crippen LogP contribution in [0, 0.1) is 0 Å². The monoisotopic (exact) mass is 410 g/mol. The normalized spacial score (nSPS) is 14.0. The van der Waals surface area contributed by atoms with Crippen LogP contribution in [0.15, 0.2) is 48.5 Å². The number of nitrogens with zero attached hydrogens (tertiary/aromatic N) is 2. The number of benzene rings is 2. The first-order valence-electron chi connectivity index (χ1n) is 9.68. The highest BCUT2D eigenvalue weighted by Crippen LogP contribution is 2.28. The number of carbonyl (C=O) groups is 2. The lowest BCUT2D eigenvalue weighted by Crippen LogP contribution is -2.50. The molecule has 2 aromatic carbocycles. The third-order valence-corrected chi connectivity index (χ3v) is 5.02. The van der Waals surface area contributed by atoms with E-state index in [1.807, 2.05) is 24.3 Å². The molecule has 0 radical (unpaired) electrons. The molecule has 7 nitrogen and oxygen atoms in total. The molecule has 0 aromatic heterocycles. The molecule has 1 aliphatic heterocycles. The van der Waals surface area contributed by atoms with Crippen LogP contribution in [0.25, 0.3) is 6.08 Å². The van der Waals surface area contributed by atoms with Crippen LogP contribution in [0.2, 0.25) is 0 Å². The zero-order valence-corrected chi connectivity index (χ0v) is 17.5. The number of rotatable bonds is 6. The van der Waals surface area contributed by atoms with Crippen LogP contribution in [0.4, 0.5) is 0 Å². The minimum atomic E-state index is -0.0880. The lowest BCUT2D eigenvalue weighted by Gasteiger charge is -2.34. The first-order valence-corrected chi connectivity index (χ1v) is 9.68. The molecule has 3 rings (SSSR count). The highest BCUT2D eigenvalue weighted by atomic mass is 16.5. The number of hydrogen-bond acceptors (Lipinski definition) is 5. The van der Waals surface area contributed by atoms with E-state index in [1.54, 1.807) is 54.4 Å². The Bertz CT molecular complexity index is 933. The average Bonchev–Trinajstić information content (AvgIpc) is 2.81. The summed E-state index contributed by atoms with van der Waals surface area (Å²) >= 11 is 0. The van der Waals surface area contributed by atoms with Gasteiger partial charge in [-0.25, -0.2) is 0 Å². The summed E-state index contributed by atoms with van der Waals surface area (Å²) < 4.78 is 15.7. The van der Waals surface area contributed by atoms with Crippen molar-refractivity contribution in [2.75, 3.05) is 47.5 Å². The maximum atomic E-state index is 12.8. The van der Waals surface area contributed by atoms with Crippen LogP contribution in [-0.4, -0.2) is 69.1 Å². The van der Waals surface area contributed by atoms with Gasteiger partial charge in [0.2, 0.25) is 5.91 Å². The molecule has 0 spiro atoms. The Hall–Kier alpha value is -3.48. The Morgan fingerprint density at radius 2 is 1.53 bits per heavy atom. The van der Waals surface area contributed by atoms with E-state index in [0.717, 1.165) is 11.3 Å². The minimum absolute atomic E-state index is 0.0731. The summed E-state index contributed by atoms with van der Waals surface area (Å²) in [5.74, 6) is 1.67. The summed E-state index contributed by atoms with van der Waals surface area (Å²) in [6.07, 6.45) is 3.33. The highest BCUT2D eigenvalue weighted by molar-refractivity contribution is 5.95. The molecule has 158 valence electrons. The van der Waals surface area contributed by atoms with Crippen LogP contribution in [-0.2, 0) is 4.79 Å². The van der Waals surface area contributed by atoms with E-state index in [9.17, 15) is 9.59 Å². The summed E-state index contributed by atoms with van der Waals surface area (Å²) in [5, 5.41) is 0. The van der Waals surface area contributed by atoms with Crippen LogP contribution in [0.5, 0.6) is 17.2 Å². The summed E-state index contributed by atoms with van der Waals surface area (Å²) in [5.41, 5.74) is 1.43. The van der Waals surface area contributed by atoms with Gasteiger partial charge in [0.1, 0.15) is 5.75 Å². The third-order valence-electron chi connectivity index (χ3n) is 5.02. The van der Waals surface area contributed by atoms with E-state index in [4.69, 9.17) is 14.2 Å². The minimum Gasteiger partial charge on any atom is -0.497 e. The molecule has 0 aliphatic carbocycles. The Balaban J connectivity index is 1.58. The second-order valence-corrected chi connectivity index (χ2v) is 6.80. The molecule has 2 aromatic rings. The molecule has 0 N–H and O–H groups in total. The quantitative estimate of drug-likeness (QED) is 0.685. The van der Waals surface area contributed by atoms with E-state index in [1.165, 1.54) is 7.11 Å². The van der Waals surface area contributed by atoms with E-state index < -0.39 is 0 Å². The van der Waals surface area contributed by atoms with Gasteiger partial charge in [-0.1, -0.05) is 12.1 Å². The number of carbonyl (C=O) groups excluding carboxylic acids is 2. The maximum absolute atomic E-state index is 12.8. The number of piperazine rings is 1. The fourth-order valence-electron chi connectivity index (χ4n) is 3.30. The predicted octanol–water partition coefficient (Wildman–Crippen LogP) is 2.71. The summed E-state index contributed by atoms with van der Waals surface area (Å²) in [4.78, 5) is 28.8. The zero-order chi connectivity index (χ0) is 21.5. The van der Waals surface area contributed by atoms with Gasteiger partial charge in [-0.2, -0.15) is 0 Å². The topological polar surface area (TPSA) is 68.3 Å². The number of ether oxygens (including phenoxy) is 3. The Kier molecular flexibility index (Phi) is 6.95. The highest BCUT2D eigenvalue weighted by Gasteiger charge is 2.24. The van der Waals surface area contributed by atoms with Crippen molar-refractivity contribution in [2.24, 2.45) is 0 Å². The van der Waals surface area contributed by atoms with Crippen molar-refractivity contribution in [3.8, 4) is 17.2 Å². The number of amides is 2. The summed E-state index contributed by atoms with van der Waals surface area (Å²) in [6.45, 7) is 1.93. The second-order valence-electron chi connectivity index (χ2n) is 6.80. The maximum Gasteiger partial charge on any atom is 0.254 e. The van der Waals surface area contributed by atoms with Crippen LogP contribution in [0.1, 0.15) is 15.9 Å². The van der Waals surface area contributed by atoms with Crippen molar-refractivity contribution in [1.82, 2.24) is 9.80 Å². The zero-order valence-electron chi connectivity index (χ0n) is 17.5. The largest absolute Gasteiger partial charge is 0.497 e. The molecular formula is C23H26N2O5. The van der Waals surface area contributed by atoms with E-state index in [2.05, 4.69) is 0 Å². The third kappa shape index (κ3) is 4.92. The molecule has 1 saturated heterocycles. The molecule has 0 atom stereocenters. The Labute approximate surface area is 176 Å². The molecule has 0 bridgehead atoms. The van der Waals surface area contributed by atoms with E-state index in [0.29, 0.717) is 43.2 Å². The van der Waals surface area contributed by atoms with Crippen molar-refractivity contribution in [1.29, 1.82) is 0 Å². The molecule has 1 heterocycles. The molecule has 1 fully saturated rings. The summed E-state index contributed by atoms with van der Waals surface area (Å²) in [6, 6.07) is 12.6. The Morgan fingerprint density at radius 1 is 0.833 bits per heavy atom. The Morgan fingerprint density at radius 3 is 2.20 bits per heavy atom. The molecular weight excluding hydrogens is 384 g/mol. The van der Waals surface area contributed by atoms with E-state index >= 15 is 0 Å². The molecule has 7 heteroatoms. The van der Waals surface area contributed by atoms with Crippen molar-refractivity contribution in [2.45, 2.75) is 0 Å². The first-order chi connectivity index (χ1) is 14.5. The lowest BCUT2D eigenvalue weighted by molar-refractivity contribution is -0.127. The van der Waals surface area contributed by atoms with Gasteiger partial charge in [0.05, 0.1) is 21.3 Å². The van der Waals surface area contributed by atoms with Gasteiger partial charge < -0.3 is 24.0 Å². The average molecular weight is 410 g/mol. The van der Waals surface area contributed by atoms with Gasteiger partial charge in [0.25, 0.3) is 5.91 Å². The van der Waals surface area contributed by atoms with Crippen molar-refractivity contribution in [3.05, 3.63) is 59.7 Å². The van der Waals surface area contributed by atoms with Crippen LogP contribution in [0.3, 0.4) is 0 Å². The lowest BCUT2D eigenvalue weighted by atomic mass is 10.1. The molecule has 30 heavy (non-hydrogen) atoms. The van der Waals surface area contributed by atoms with Gasteiger partial charge in [0.15, 0.2) is 11.5 Å². The number of hydrogen-bond donors (Lipinski definition) is 0. The standard InChI is InChI=1S/C23H26N2O5/c1-28-19-6-4-5-17(15-19)7-10-22(26)24-11-13-25(14-12-24)23(27)18-8-9-20(29-2)21(16-18)30-3/h4-10,15-16H,11-14H2,1-3H3/b10-7+. The predicted molar refractivity (Wildman–Crippen MR) is 114 cm³/mol. The van der Waals surface area contributed by atoms with E-state index in [-0.39, 0.29) is 11.8 Å². The fraction of sp³-hybridized carbons (Fsp3) is 0.304. The van der Waals surface area contributed by atoms with Gasteiger partial charge in [0, 0.05) is 37.8 Å². The van der Waals surface area contributed by atoms with Gasteiger partial charge >= 0.3 is 0 Å². The van der Waals surface area contributed by atoms with Crippen molar-refractivity contribution >= 4 is 17.9 Å². The fourth-order valence-corrected chi connectivity index (χ4v) is 3.30. The van der Waals surface area contributed by atoms with Gasteiger partial charge in [-0.05, 0) is 42.0 Å². The molecule has 1 aliphatic rings. The van der Waals surface area contributed by atoms with Crippen molar-refractivity contribution in [3.63, 3.8) is 0 Å². The van der Waals surface area contributed by atoms with Crippen LogP contribution < -0.4 is 14.2 Å². The molecule has 2 amide bonds. The van der Waals surface area contributed by atoms with Gasteiger partial charge in [-0.15, -0.1) is 0 Å². The smallest absolute Gasteiger partial charge is 0.254 e. The second kappa shape index (κ2) is 9.82. The number of methoxy groups -OCH3 is 3.